The fraction of sp³-hybridized carbons (Fsp3) is 0.133. The molecular formula is C15H14O4S. The number of benzene rings is 2. The molecular weight excluding hydrogens is 276 g/mol. The van der Waals surface area contributed by atoms with Gasteiger partial charge in [-0.25, -0.2) is 8.42 Å². The molecule has 2 aromatic carbocycles. The van der Waals surface area contributed by atoms with Crippen LogP contribution in [0.4, 0.5) is 0 Å². The van der Waals surface area contributed by atoms with Crippen LogP contribution in [0, 0.1) is 0 Å². The molecule has 5 heteroatoms. The minimum absolute atomic E-state index is 0.106. The molecule has 1 N–H and O–H groups in total. The number of carboxylic acid groups (broad SMARTS) is 1. The molecule has 0 fully saturated rings. The fourth-order valence-electron chi connectivity index (χ4n) is 1.83. The molecule has 0 saturated carbocycles. The summed E-state index contributed by atoms with van der Waals surface area (Å²) >= 11 is 0. The molecule has 2 rings (SSSR count). The van der Waals surface area contributed by atoms with Crippen molar-refractivity contribution in [1.82, 2.24) is 0 Å². The lowest BCUT2D eigenvalue weighted by atomic mass is 10.0. The van der Waals surface area contributed by atoms with Gasteiger partial charge in [-0.05, 0) is 36.8 Å². The smallest absolute Gasteiger partial charge is 0.310 e. The van der Waals surface area contributed by atoms with E-state index in [1.165, 1.54) is 31.2 Å². The molecule has 0 radical (unpaired) electrons. The Balaban J connectivity index is 2.49. The molecule has 0 aromatic heterocycles. The first-order valence-electron chi connectivity index (χ1n) is 6.06. The van der Waals surface area contributed by atoms with Crippen molar-refractivity contribution in [2.45, 2.75) is 22.6 Å². The molecule has 0 unspecified atom stereocenters. The lowest BCUT2D eigenvalue weighted by Gasteiger charge is -2.09. The van der Waals surface area contributed by atoms with Crippen molar-refractivity contribution in [2.75, 3.05) is 0 Å². The van der Waals surface area contributed by atoms with Crippen LogP contribution < -0.4 is 0 Å². The molecule has 104 valence electrons. The van der Waals surface area contributed by atoms with E-state index in [4.69, 9.17) is 5.11 Å². The zero-order valence-electron chi connectivity index (χ0n) is 10.9. The average molecular weight is 290 g/mol. The van der Waals surface area contributed by atoms with Crippen LogP contribution in [-0.4, -0.2) is 19.5 Å². The molecule has 0 heterocycles. The number of hydrogen-bond donors (Lipinski definition) is 1. The van der Waals surface area contributed by atoms with Crippen LogP contribution in [0.15, 0.2) is 64.4 Å². The van der Waals surface area contributed by atoms with Crippen LogP contribution >= 0.6 is 0 Å². The van der Waals surface area contributed by atoms with E-state index in [-0.39, 0.29) is 9.79 Å². The Morgan fingerprint density at radius 1 is 1.00 bits per heavy atom. The third-order valence-electron chi connectivity index (χ3n) is 3.09. The van der Waals surface area contributed by atoms with Gasteiger partial charge in [0, 0.05) is 0 Å². The van der Waals surface area contributed by atoms with Gasteiger partial charge < -0.3 is 5.11 Å². The van der Waals surface area contributed by atoms with E-state index in [1.54, 1.807) is 30.3 Å². The third-order valence-corrected chi connectivity index (χ3v) is 4.86. The Morgan fingerprint density at radius 3 is 2.20 bits per heavy atom. The first-order chi connectivity index (χ1) is 9.43. The minimum Gasteiger partial charge on any atom is -0.481 e. The lowest BCUT2D eigenvalue weighted by Crippen LogP contribution is -2.09. The number of hydrogen-bond acceptors (Lipinski definition) is 3. The summed E-state index contributed by atoms with van der Waals surface area (Å²) in [6, 6.07) is 14.1. The zero-order chi connectivity index (χ0) is 14.8. The number of carbonyl (C=O) groups is 1. The van der Waals surface area contributed by atoms with Crippen LogP contribution in [-0.2, 0) is 14.6 Å². The maximum absolute atomic E-state index is 12.4. The monoisotopic (exact) mass is 290 g/mol. The summed E-state index contributed by atoms with van der Waals surface area (Å²) in [6.45, 7) is 1.52. The standard InChI is InChI=1S/C15H14O4S/c1-11(15(16)17)12-6-5-9-14(10-12)20(18,19)13-7-3-2-4-8-13/h2-11H,1H3,(H,16,17)/t11-/m0/s1. The molecule has 0 bridgehead atoms. The molecule has 0 aliphatic rings. The summed E-state index contributed by atoms with van der Waals surface area (Å²) in [7, 11) is -3.61. The fourth-order valence-corrected chi connectivity index (χ4v) is 3.17. The van der Waals surface area contributed by atoms with Crippen molar-refractivity contribution in [3.63, 3.8) is 0 Å². The lowest BCUT2D eigenvalue weighted by molar-refractivity contribution is -0.138. The van der Waals surface area contributed by atoms with Crippen molar-refractivity contribution in [3.05, 3.63) is 60.2 Å². The van der Waals surface area contributed by atoms with Gasteiger partial charge in [-0.3, -0.25) is 4.79 Å². The summed E-state index contributed by atoms with van der Waals surface area (Å²) in [6.07, 6.45) is 0. The second-order valence-electron chi connectivity index (χ2n) is 4.45. The zero-order valence-corrected chi connectivity index (χ0v) is 11.7. The van der Waals surface area contributed by atoms with Gasteiger partial charge in [0.1, 0.15) is 0 Å². The van der Waals surface area contributed by atoms with Gasteiger partial charge in [-0.15, -0.1) is 0 Å². The van der Waals surface area contributed by atoms with E-state index < -0.39 is 21.7 Å². The van der Waals surface area contributed by atoms with Crippen LogP contribution in [0.1, 0.15) is 18.4 Å². The molecule has 2 aromatic rings. The van der Waals surface area contributed by atoms with Crippen LogP contribution in [0.25, 0.3) is 0 Å². The van der Waals surface area contributed by atoms with Crippen molar-refractivity contribution < 1.29 is 18.3 Å². The summed E-state index contributed by atoms with van der Waals surface area (Å²) in [5, 5.41) is 9.00. The van der Waals surface area contributed by atoms with E-state index in [0.717, 1.165) is 0 Å². The van der Waals surface area contributed by atoms with Crippen molar-refractivity contribution in [2.24, 2.45) is 0 Å². The first-order valence-corrected chi connectivity index (χ1v) is 7.54. The van der Waals surface area contributed by atoms with Gasteiger partial charge in [-0.1, -0.05) is 30.3 Å². The van der Waals surface area contributed by atoms with Crippen molar-refractivity contribution in [3.8, 4) is 0 Å². The normalized spacial score (nSPS) is 12.8. The van der Waals surface area contributed by atoms with E-state index in [0.29, 0.717) is 5.56 Å². The predicted molar refractivity (Wildman–Crippen MR) is 74.4 cm³/mol. The average Bonchev–Trinajstić information content (AvgIpc) is 2.47. The van der Waals surface area contributed by atoms with Gasteiger partial charge >= 0.3 is 5.97 Å². The molecule has 0 aliphatic heterocycles. The van der Waals surface area contributed by atoms with Gasteiger partial charge in [0.2, 0.25) is 9.84 Å². The summed E-state index contributed by atoms with van der Waals surface area (Å²) in [4.78, 5) is 11.3. The highest BCUT2D eigenvalue weighted by Crippen LogP contribution is 2.24. The van der Waals surface area contributed by atoms with E-state index >= 15 is 0 Å². The Kier molecular flexibility index (Phi) is 3.90. The highest BCUT2D eigenvalue weighted by atomic mass is 32.2. The third kappa shape index (κ3) is 2.72. The number of sulfone groups is 1. The van der Waals surface area contributed by atoms with Crippen LogP contribution in [0.5, 0.6) is 0 Å². The molecule has 0 aliphatic carbocycles. The second-order valence-corrected chi connectivity index (χ2v) is 6.40. The second kappa shape index (κ2) is 5.46. The van der Waals surface area contributed by atoms with Gasteiger partial charge in [0.05, 0.1) is 15.7 Å². The molecule has 1 atom stereocenters. The van der Waals surface area contributed by atoms with Crippen molar-refractivity contribution >= 4 is 15.8 Å². The number of aliphatic carboxylic acids is 1. The summed E-state index contributed by atoms with van der Waals surface area (Å²) in [5.74, 6) is -1.74. The van der Waals surface area contributed by atoms with Gasteiger partial charge in [0.25, 0.3) is 0 Å². The highest BCUT2D eigenvalue weighted by molar-refractivity contribution is 7.91. The molecule has 0 amide bonds. The van der Waals surface area contributed by atoms with E-state index in [2.05, 4.69) is 0 Å². The van der Waals surface area contributed by atoms with Crippen molar-refractivity contribution in [1.29, 1.82) is 0 Å². The highest BCUT2D eigenvalue weighted by Gasteiger charge is 2.20. The Morgan fingerprint density at radius 2 is 1.60 bits per heavy atom. The van der Waals surface area contributed by atoms with Crippen LogP contribution in [0.3, 0.4) is 0 Å². The van der Waals surface area contributed by atoms with E-state index in [9.17, 15) is 13.2 Å². The molecule has 0 spiro atoms. The van der Waals surface area contributed by atoms with Gasteiger partial charge in [0.15, 0.2) is 0 Å². The largest absolute Gasteiger partial charge is 0.481 e. The SMILES string of the molecule is C[C@H](C(=O)O)c1cccc(S(=O)(=O)c2ccccc2)c1. The first kappa shape index (κ1) is 14.3. The Labute approximate surface area is 117 Å². The maximum atomic E-state index is 12.4. The summed E-state index contributed by atoms with van der Waals surface area (Å²) < 4.78 is 24.9. The molecule has 4 nitrogen and oxygen atoms in total. The quantitative estimate of drug-likeness (QED) is 0.939. The Bertz CT molecular complexity index is 721. The number of rotatable bonds is 4. The maximum Gasteiger partial charge on any atom is 0.310 e. The molecule has 0 saturated heterocycles. The summed E-state index contributed by atoms with van der Waals surface area (Å²) in [5.41, 5.74) is 0.467. The molecule has 20 heavy (non-hydrogen) atoms. The van der Waals surface area contributed by atoms with Gasteiger partial charge in [-0.2, -0.15) is 0 Å². The minimum atomic E-state index is -3.61. The predicted octanol–water partition coefficient (Wildman–Crippen LogP) is 2.71. The van der Waals surface area contributed by atoms with Crippen LogP contribution in [0.2, 0.25) is 0 Å². The Hall–Kier alpha value is -2.14. The number of carboxylic acids is 1. The topological polar surface area (TPSA) is 71.4 Å². The van der Waals surface area contributed by atoms with E-state index in [1.807, 2.05) is 0 Å².